The third kappa shape index (κ3) is 3.40. The Morgan fingerprint density at radius 1 is 1.30 bits per heavy atom. The first-order valence-corrected chi connectivity index (χ1v) is 10.5. The summed E-state index contributed by atoms with van der Waals surface area (Å²) >= 11 is 6.24. The number of imide groups is 1. The second-order valence-corrected chi connectivity index (χ2v) is 8.20. The molecule has 0 bridgehead atoms. The number of nitrogens with zero attached hydrogens (tertiary/aromatic N) is 4. The lowest BCUT2D eigenvalue weighted by Crippen LogP contribution is -2.67. The minimum absolute atomic E-state index is 0.195. The number of halogens is 1. The lowest BCUT2D eigenvalue weighted by molar-refractivity contribution is -0.151. The molecule has 3 unspecified atom stereocenters. The summed E-state index contributed by atoms with van der Waals surface area (Å²) in [5.74, 6) is -0.973. The van der Waals surface area contributed by atoms with Gasteiger partial charge in [0.2, 0.25) is 0 Å². The topological polar surface area (TPSA) is 85.4 Å². The number of urea groups is 1. The highest BCUT2D eigenvalue weighted by molar-refractivity contribution is 6.30. The molecule has 3 atom stereocenters. The molecule has 162 valence electrons. The van der Waals surface area contributed by atoms with Gasteiger partial charge in [-0.3, -0.25) is 24.7 Å². The van der Waals surface area contributed by atoms with Crippen LogP contribution in [0.4, 0.5) is 10.5 Å². The number of carbonyl (C=O) groups excluding carboxylic acids is 3. The lowest BCUT2D eigenvalue weighted by atomic mass is 10.1. The number of anilines is 1. The van der Waals surface area contributed by atoms with E-state index in [-0.39, 0.29) is 25.3 Å². The van der Waals surface area contributed by atoms with Crippen LogP contribution in [0.15, 0.2) is 18.2 Å². The number of carbonyl (C=O) groups is 3. The van der Waals surface area contributed by atoms with Crippen LogP contribution in [0.5, 0.6) is 0 Å². The van der Waals surface area contributed by atoms with Crippen LogP contribution in [0.1, 0.15) is 18.9 Å². The summed E-state index contributed by atoms with van der Waals surface area (Å²) in [4.78, 5) is 44.8. The van der Waals surface area contributed by atoms with Gasteiger partial charge < -0.3 is 14.5 Å². The molecule has 3 aliphatic heterocycles. The number of hydrogen-bond acceptors (Lipinski definition) is 7. The molecule has 3 fully saturated rings. The summed E-state index contributed by atoms with van der Waals surface area (Å²) < 4.78 is 4.94. The minimum atomic E-state index is -0.594. The number of amides is 3. The van der Waals surface area contributed by atoms with Crippen LogP contribution in [-0.2, 0) is 14.3 Å². The molecule has 10 heteroatoms. The van der Waals surface area contributed by atoms with E-state index in [0.717, 1.165) is 29.1 Å². The minimum Gasteiger partial charge on any atom is -0.465 e. The van der Waals surface area contributed by atoms with E-state index in [2.05, 4.69) is 15.1 Å². The molecule has 0 spiro atoms. The molecule has 0 aliphatic carbocycles. The Morgan fingerprint density at radius 2 is 2.07 bits per heavy atom. The van der Waals surface area contributed by atoms with E-state index >= 15 is 0 Å². The monoisotopic (exact) mass is 435 g/mol. The zero-order valence-electron chi connectivity index (χ0n) is 17.3. The molecule has 0 aromatic heterocycles. The maximum Gasteiger partial charge on any atom is 0.328 e. The molecule has 0 saturated carbocycles. The molecule has 1 aromatic carbocycles. The van der Waals surface area contributed by atoms with Crippen molar-refractivity contribution in [3.05, 3.63) is 28.8 Å². The van der Waals surface area contributed by atoms with Gasteiger partial charge in [0.05, 0.1) is 6.61 Å². The summed E-state index contributed by atoms with van der Waals surface area (Å²) in [7, 11) is 1.64. The Kier molecular flexibility index (Phi) is 5.61. The molecule has 0 radical (unpaired) electrons. The highest BCUT2D eigenvalue weighted by atomic mass is 35.5. The van der Waals surface area contributed by atoms with Gasteiger partial charge >= 0.3 is 12.0 Å². The summed E-state index contributed by atoms with van der Waals surface area (Å²) in [5, 5.41) is 4.10. The number of hydrogen-bond donors (Lipinski definition) is 1. The van der Waals surface area contributed by atoms with Crippen molar-refractivity contribution >= 4 is 35.2 Å². The van der Waals surface area contributed by atoms with Crippen molar-refractivity contribution < 1.29 is 19.1 Å². The van der Waals surface area contributed by atoms with Gasteiger partial charge in [0.25, 0.3) is 5.91 Å². The Balaban J connectivity index is 1.63. The Hall–Kier alpha value is -2.36. The van der Waals surface area contributed by atoms with Crippen LogP contribution >= 0.6 is 11.6 Å². The Bertz CT molecular complexity index is 881. The van der Waals surface area contributed by atoms with Crippen molar-refractivity contribution in [1.29, 1.82) is 0 Å². The number of nitrogens with one attached hydrogen (secondary N) is 1. The Labute approximate surface area is 180 Å². The molecule has 30 heavy (non-hydrogen) atoms. The number of esters is 1. The van der Waals surface area contributed by atoms with E-state index in [0.29, 0.717) is 11.6 Å². The zero-order valence-corrected chi connectivity index (χ0v) is 18.1. The first-order valence-electron chi connectivity index (χ1n) is 10.1. The van der Waals surface area contributed by atoms with Crippen molar-refractivity contribution in [2.24, 2.45) is 0 Å². The molecule has 9 nitrogen and oxygen atoms in total. The van der Waals surface area contributed by atoms with E-state index in [1.165, 1.54) is 4.90 Å². The van der Waals surface area contributed by atoms with Gasteiger partial charge in [-0.1, -0.05) is 17.7 Å². The highest BCUT2D eigenvalue weighted by Gasteiger charge is 2.56. The number of benzene rings is 1. The molecule has 3 heterocycles. The van der Waals surface area contributed by atoms with E-state index in [1.54, 1.807) is 14.0 Å². The van der Waals surface area contributed by atoms with Gasteiger partial charge in [-0.05, 0) is 38.0 Å². The quantitative estimate of drug-likeness (QED) is 0.711. The fraction of sp³-hybridized carbons (Fsp3) is 0.550. The van der Waals surface area contributed by atoms with Crippen LogP contribution in [0.3, 0.4) is 0 Å². The van der Waals surface area contributed by atoms with Gasteiger partial charge in [-0.25, -0.2) is 4.79 Å². The fourth-order valence-electron chi connectivity index (χ4n) is 4.54. The summed E-state index contributed by atoms with van der Waals surface area (Å²) in [6, 6.07) is 4.67. The second kappa shape index (κ2) is 8.05. The van der Waals surface area contributed by atoms with Gasteiger partial charge in [0.15, 0.2) is 0 Å². The van der Waals surface area contributed by atoms with E-state index in [4.69, 9.17) is 16.3 Å². The number of rotatable bonds is 4. The van der Waals surface area contributed by atoms with Crippen LogP contribution < -0.4 is 10.2 Å². The first kappa shape index (κ1) is 20.9. The predicted molar refractivity (Wildman–Crippen MR) is 111 cm³/mol. The molecule has 4 rings (SSSR count). The van der Waals surface area contributed by atoms with Crippen molar-refractivity contribution in [3.63, 3.8) is 0 Å². The smallest absolute Gasteiger partial charge is 0.328 e. The van der Waals surface area contributed by atoms with E-state index < -0.39 is 24.2 Å². The summed E-state index contributed by atoms with van der Waals surface area (Å²) in [5.41, 5.74) is 2.07. The number of ether oxygens (including phenoxy) is 1. The highest BCUT2D eigenvalue weighted by Crippen LogP contribution is 2.35. The second-order valence-electron chi connectivity index (χ2n) is 7.77. The number of likely N-dealkylation sites (N-methyl/N-ethyl adjacent to an activating group) is 1. The fourth-order valence-corrected chi connectivity index (χ4v) is 4.71. The maximum atomic E-state index is 13.3. The first-order chi connectivity index (χ1) is 14.3. The maximum absolute atomic E-state index is 13.3. The largest absolute Gasteiger partial charge is 0.465 e. The Morgan fingerprint density at radius 3 is 2.80 bits per heavy atom. The molecule has 3 saturated heterocycles. The van der Waals surface area contributed by atoms with E-state index in [1.807, 2.05) is 25.1 Å². The third-order valence-corrected chi connectivity index (χ3v) is 6.18. The van der Waals surface area contributed by atoms with Crippen molar-refractivity contribution in [2.45, 2.75) is 38.8 Å². The molecule has 1 N–H and O–H groups in total. The van der Waals surface area contributed by atoms with Crippen LogP contribution in [0, 0.1) is 6.92 Å². The number of fused-ring (bicyclic) bond motifs is 3. The molecule has 3 aliphatic rings. The molecule has 3 amide bonds. The summed E-state index contributed by atoms with van der Waals surface area (Å²) in [6.07, 6.45) is 0.122. The standard InChI is InChI=1S/C20H26ClN5O4/c1-4-30-15(27)11-26-18(28)16-17(23(3)20(26)29)22-19-24(8-5-9-25(16)19)14-10-13(21)7-6-12(14)2/h6-7,10,16-17,19,22H,4-5,8-9,11H2,1-3H3. The van der Waals surface area contributed by atoms with Gasteiger partial charge in [-0.15, -0.1) is 0 Å². The normalized spacial score (nSPS) is 26.7. The van der Waals surface area contributed by atoms with Gasteiger partial charge in [-0.2, -0.15) is 0 Å². The van der Waals surface area contributed by atoms with Crippen LogP contribution in [0.25, 0.3) is 0 Å². The predicted octanol–water partition coefficient (Wildman–Crippen LogP) is 1.20. The SMILES string of the molecule is CCOC(=O)CN1C(=O)C2C(NC3N(c4cc(Cl)ccc4C)CCCN23)N(C)C1=O. The van der Waals surface area contributed by atoms with Gasteiger partial charge in [0.1, 0.15) is 25.0 Å². The van der Waals surface area contributed by atoms with Crippen LogP contribution in [-0.4, -0.2) is 84.4 Å². The van der Waals surface area contributed by atoms with Crippen molar-refractivity contribution in [1.82, 2.24) is 20.0 Å². The van der Waals surface area contributed by atoms with E-state index in [9.17, 15) is 14.4 Å². The van der Waals surface area contributed by atoms with Crippen LogP contribution in [0.2, 0.25) is 5.02 Å². The number of aryl methyl sites for hydroxylation is 1. The zero-order chi connectivity index (χ0) is 21.6. The van der Waals surface area contributed by atoms with Crippen molar-refractivity contribution in [2.75, 3.05) is 38.2 Å². The third-order valence-electron chi connectivity index (χ3n) is 5.94. The average molecular weight is 436 g/mol. The average Bonchev–Trinajstić information content (AvgIpc) is 3.11. The lowest BCUT2D eigenvalue weighted by Gasteiger charge is -2.44. The summed E-state index contributed by atoms with van der Waals surface area (Å²) in [6.45, 7) is 5.03. The molecular weight excluding hydrogens is 410 g/mol. The molecular formula is C20H26ClN5O4. The molecule has 1 aromatic rings. The van der Waals surface area contributed by atoms with Crippen molar-refractivity contribution in [3.8, 4) is 0 Å². The van der Waals surface area contributed by atoms with Gasteiger partial charge in [0, 0.05) is 30.8 Å².